The first-order valence-electron chi connectivity index (χ1n) is 5.43. The van der Waals surface area contributed by atoms with Crippen molar-refractivity contribution in [2.75, 3.05) is 5.73 Å². The van der Waals surface area contributed by atoms with Gasteiger partial charge in [-0.05, 0) is 11.4 Å². The van der Waals surface area contributed by atoms with Crippen molar-refractivity contribution in [3.8, 4) is 0 Å². The molecule has 0 amide bonds. The van der Waals surface area contributed by atoms with E-state index >= 15 is 0 Å². The second kappa shape index (κ2) is 5.61. The standard InChI is InChI=1S/C12H13N3O2S/c13-10-5-6-18-12(10)8-14-7-9-3-1-2-4-11(9)15(16)17/h1-6,14H,7-8,13H2. The van der Waals surface area contributed by atoms with E-state index in [1.165, 1.54) is 6.07 Å². The average Bonchev–Trinajstić information content (AvgIpc) is 2.76. The first kappa shape index (κ1) is 12.5. The lowest BCUT2D eigenvalue weighted by molar-refractivity contribution is -0.385. The molecule has 1 aromatic heterocycles. The highest BCUT2D eigenvalue weighted by Gasteiger charge is 2.11. The van der Waals surface area contributed by atoms with Crippen molar-refractivity contribution in [2.45, 2.75) is 13.1 Å². The van der Waals surface area contributed by atoms with Crippen LogP contribution >= 0.6 is 11.3 Å². The molecule has 6 heteroatoms. The van der Waals surface area contributed by atoms with E-state index in [-0.39, 0.29) is 10.6 Å². The highest BCUT2D eigenvalue weighted by atomic mass is 32.1. The van der Waals surface area contributed by atoms with Gasteiger partial charge < -0.3 is 11.1 Å². The zero-order chi connectivity index (χ0) is 13.0. The summed E-state index contributed by atoms with van der Waals surface area (Å²) in [5.41, 5.74) is 7.34. The first-order valence-corrected chi connectivity index (χ1v) is 6.31. The average molecular weight is 263 g/mol. The van der Waals surface area contributed by atoms with Crippen molar-refractivity contribution >= 4 is 22.7 Å². The maximum atomic E-state index is 10.8. The molecule has 94 valence electrons. The van der Waals surface area contributed by atoms with Crippen molar-refractivity contribution in [2.24, 2.45) is 0 Å². The van der Waals surface area contributed by atoms with Crippen LogP contribution < -0.4 is 11.1 Å². The van der Waals surface area contributed by atoms with Gasteiger partial charge in [0, 0.05) is 35.3 Å². The van der Waals surface area contributed by atoms with Gasteiger partial charge >= 0.3 is 0 Å². The molecule has 1 heterocycles. The van der Waals surface area contributed by atoms with E-state index in [0.717, 1.165) is 10.6 Å². The minimum Gasteiger partial charge on any atom is -0.398 e. The van der Waals surface area contributed by atoms with Crippen LogP contribution in [0.2, 0.25) is 0 Å². The van der Waals surface area contributed by atoms with Crippen molar-refractivity contribution in [1.82, 2.24) is 5.32 Å². The maximum absolute atomic E-state index is 10.8. The monoisotopic (exact) mass is 263 g/mol. The predicted molar refractivity (Wildman–Crippen MR) is 72.4 cm³/mol. The third-order valence-corrected chi connectivity index (χ3v) is 3.51. The summed E-state index contributed by atoms with van der Waals surface area (Å²) in [6, 6.07) is 8.58. The van der Waals surface area contributed by atoms with Gasteiger partial charge in [0.15, 0.2) is 0 Å². The van der Waals surface area contributed by atoms with Gasteiger partial charge in [-0.1, -0.05) is 18.2 Å². The van der Waals surface area contributed by atoms with Gasteiger partial charge in [0.2, 0.25) is 0 Å². The van der Waals surface area contributed by atoms with Crippen LogP contribution in [0.3, 0.4) is 0 Å². The van der Waals surface area contributed by atoms with Crippen LogP contribution in [0, 0.1) is 10.1 Å². The van der Waals surface area contributed by atoms with Gasteiger partial charge in [0.05, 0.1) is 4.92 Å². The highest BCUT2D eigenvalue weighted by molar-refractivity contribution is 7.10. The predicted octanol–water partition coefficient (Wildman–Crippen LogP) is 2.53. The van der Waals surface area contributed by atoms with Gasteiger partial charge in [-0.2, -0.15) is 0 Å². The minimum atomic E-state index is -0.365. The second-order valence-corrected chi connectivity index (χ2v) is 4.79. The van der Waals surface area contributed by atoms with Crippen LogP contribution in [0.25, 0.3) is 0 Å². The Hall–Kier alpha value is -1.92. The molecule has 0 saturated heterocycles. The van der Waals surface area contributed by atoms with Gasteiger partial charge in [-0.3, -0.25) is 10.1 Å². The first-order chi connectivity index (χ1) is 8.68. The molecule has 2 aromatic rings. The molecule has 0 radical (unpaired) electrons. The normalized spacial score (nSPS) is 10.4. The summed E-state index contributed by atoms with van der Waals surface area (Å²) in [6.07, 6.45) is 0. The SMILES string of the molecule is Nc1ccsc1CNCc1ccccc1[N+](=O)[O-]. The number of nitrogen functional groups attached to an aromatic ring is 1. The Labute approximate surface area is 108 Å². The number of nitro groups is 1. The Bertz CT molecular complexity index is 554. The fourth-order valence-electron chi connectivity index (χ4n) is 1.64. The van der Waals surface area contributed by atoms with Crippen molar-refractivity contribution < 1.29 is 4.92 Å². The molecule has 18 heavy (non-hydrogen) atoms. The zero-order valence-corrected chi connectivity index (χ0v) is 10.4. The lowest BCUT2D eigenvalue weighted by atomic mass is 10.2. The molecule has 1 aromatic carbocycles. The fraction of sp³-hybridized carbons (Fsp3) is 0.167. The summed E-state index contributed by atoms with van der Waals surface area (Å²) in [5, 5.41) is 15.9. The van der Waals surface area contributed by atoms with Crippen LogP contribution in [-0.4, -0.2) is 4.92 Å². The van der Waals surface area contributed by atoms with Crippen LogP contribution in [0.4, 0.5) is 11.4 Å². The summed E-state index contributed by atoms with van der Waals surface area (Å²) < 4.78 is 0. The summed E-state index contributed by atoms with van der Waals surface area (Å²) in [4.78, 5) is 11.5. The second-order valence-electron chi connectivity index (χ2n) is 3.79. The summed E-state index contributed by atoms with van der Waals surface area (Å²) in [5.74, 6) is 0. The molecule has 0 unspecified atom stereocenters. The molecule has 0 spiro atoms. The highest BCUT2D eigenvalue weighted by Crippen LogP contribution is 2.20. The molecule has 0 fully saturated rings. The number of thiophene rings is 1. The number of nitrogens with zero attached hydrogens (tertiary/aromatic N) is 1. The molecule has 0 atom stereocenters. The van der Waals surface area contributed by atoms with E-state index in [4.69, 9.17) is 5.73 Å². The lowest BCUT2D eigenvalue weighted by Crippen LogP contribution is -2.13. The maximum Gasteiger partial charge on any atom is 0.273 e. The van der Waals surface area contributed by atoms with Gasteiger partial charge in [-0.25, -0.2) is 0 Å². The van der Waals surface area contributed by atoms with Gasteiger partial charge in [-0.15, -0.1) is 11.3 Å². The summed E-state index contributed by atoms with van der Waals surface area (Å²) in [7, 11) is 0. The molecule has 3 N–H and O–H groups in total. The number of nitrogens with two attached hydrogens (primary N) is 1. The number of nitrogens with one attached hydrogen (secondary N) is 1. The zero-order valence-electron chi connectivity index (χ0n) is 9.63. The minimum absolute atomic E-state index is 0.143. The largest absolute Gasteiger partial charge is 0.398 e. The van der Waals surface area contributed by atoms with Crippen molar-refractivity contribution in [3.05, 3.63) is 56.3 Å². The number of nitro benzene ring substituents is 1. The third-order valence-electron chi connectivity index (χ3n) is 2.57. The number of benzene rings is 1. The van der Waals surface area contributed by atoms with Crippen LogP contribution in [0.1, 0.15) is 10.4 Å². The van der Waals surface area contributed by atoms with E-state index in [2.05, 4.69) is 5.32 Å². The molecular weight excluding hydrogens is 250 g/mol. The molecule has 0 bridgehead atoms. The van der Waals surface area contributed by atoms with Crippen molar-refractivity contribution in [3.63, 3.8) is 0 Å². The van der Waals surface area contributed by atoms with E-state index in [1.54, 1.807) is 29.5 Å². The molecule has 0 aliphatic rings. The number of anilines is 1. The number of hydrogen-bond acceptors (Lipinski definition) is 5. The van der Waals surface area contributed by atoms with Gasteiger partial charge in [0.1, 0.15) is 0 Å². The molecule has 0 saturated carbocycles. The summed E-state index contributed by atoms with van der Waals surface area (Å²) in [6.45, 7) is 1.07. The topological polar surface area (TPSA) is 81.2 Å². The van der Waals surface area contributed by atoms with E-state index in [9.17, 15) is 10.1 Å². The molecule has 0 aliphatic heterocycles. The van der Waals surface area contributed by atoms with E-state index in [0.29, 0.717) is 18.7 Å². The van der Waals surface area contributed by atoms with Crippen LogP contribution in [0.15, 0.2) is 35.7 Å². The lowest BCUT2D eigenvalue weighted by Gasteiger charge is -2.05. The fourth-order valence-corrected chi connectivity index (χ4v) is 2.41. The number of rotatable bonds is 5. The number of para-hydroxylation sites is 1. The van der Waals surface area contributed by atoms with Crippen molar-refractivity contribution in [1.29, 1.82) is 0 Å². The molecule has 0 aliphatic carbocycles. The Morgan fingerprint density at radius 1 is 1.28 bits per heavy atom. The summed E-state index contributed by atoms with van der Waals surface area (Å²) >= 11 is 1.57. The Kier molecular flexibility index (Phi) is 3.91. The molecule has 5 nitrogen and oxygen atoms in total. The Morgan fingerprint density at radius 2 is 2.06 bits per heavy atom. The molecule has 2 rings (SSSR count). The Balaban J connectivity index is 1.99. The van der Waals surface area contributed by atoms with E-state index < -0.39 is 0 Å². The van der Waals surface area contributed by atoms with Crippen LogP contribution in [-0.2, 0) is 13.1 Å². The van der Waals surface area contributed by atoms with Gasteiger partial charge in [0.25, 0.3) is 5.69 Å². The smallest absolute Gasteiger partial charge is 0.273 e. The third kappa shape index (κ3) is 2.85. The number of hydrogen-bond donors (Lipinski definition) is 2. The quantitative estimate of drug-likeness (QED) is 0.641. The Morgan fingerprint density at radius 3 is 2.72 bits per heavy atom. The molecular formula is C12H13N3O2S. The van der Waals surface area contributed by atoms with Crippen LogP contribution in [0.5, 0.6) is 0 Å². The van der Waals surface area contributed by atoms with E-state index in [1.807, 2.05) is 11.4 Å².